The molecular weight excluding hydrogens is 475 g/mol. The van der Waals surface area contributed by atoms with Gasteiger partial charge >= 0.3 is 5.97 Å². The highest BCUT2D eigenvalue weighted by molar-refractivity contribution is 6.30. The topological polar surface area (TPSA) is 84.9 Å². The van der Waals surface area contributed by atoms with Crippen LogP contribution in [0, 0.1) is 5.82 Å². The molecule has 0 radical (unpaired) electrons. The highest BCUT2D eigenvalue weighted by Crippen LogP contribution is 2.25. The normalized spacial score (nSPS) is 14.3. The molecule has 1 saturated heterocycles. The Hall–Kier alpha value is -2.97. The predicted molar refractivity (Wildman–Crippen MR) is 130 cm³/mol. The van der Waals surface area contributed by atoms with Crippen LogP contribution < -0.4 is 10.1 Å². The number of nitrogens with zero attached hydrogens (tertiary/aromatic N) is 1. The third kappa shape index (κ3) is 7.26. The molecule has 7 nitrogen and oxygen atoms in total. The number of aryl methyl sites for hydroxylation is 1. The van der Waals surface area contributed by atoms with Crippen molar-refractivity contribution in [2.45, 2.75) is 52.1 Å². The summed E-state index contributed by atoms with van der Waals surface area (Å²) in [6, 6.07) is 9.77. The zero-order chi connectivity index (χ0) is 25.4. The number of hydrogen-bond donors (Lipinski definition) is 1. The summed E-state index contributed by atoms with van der Waals surface area (Å²) in [6.45, 7) is 4.90. The molecule has 1 heterocycles. The van der Waals surface area contributed by atoms with Gasteiger partial charge in [0, 0.05) is 25.4 Å². The Morgan fingerprint density at radius 2 is 1.89 bits per heavy atom. The van der Waals surface area contributed by atoms with Crippen LogP contribution in [0.4, 0.5) is 4.39 Å². The summed E-state index contributed by atoms with van der Waals surface area (Å²) >= 11 is 5.81. The molecule has 0 saturated carbocycles. The lowest BCUT2D eigenvalue weighted by Gasteiger charge is -2.20. The van der Waals surface area contributed by atoms with E-state index >= 15 is 0 Å². The summed E-state index contributed by atoms with van der Waals surface area (Å²) in [5.41, 5.74) is 2.53. The van der Waals surface area contributed by atoms with Crippen LogP contribution in [0.5, 0.6) is 5.75 Å². The van der Waals surface area contributed by atoms with Crippen molar-refractivity contribution in [1.29, 1.82) is 0 Å². The van der Waals surface area contributed by atoms with E-state index in [4.69, 9.17) is 21.1 Å². The van der Waals surface area contributed by atoms with Crippen LogP contribution in [0.1, 0.15) is 55.8 Å². The lowest BCUT2D eigenvalue weighted by molar-refractivity contribution is -0.144. The quantitative estimate of drug-likeness (QED) is 0.341. The molecule has 1 unspecified atom stereocenters. The zero-order valence-corrected chi connectivity index (χ0v) is 20.7. The Morgan fingerprint density at radius 1 is 1.14 bits per heavy atom. The Morgan fingerprint density at radius 3 is 2.54 bits per heavy atom. The number of ether oxygens (including phenoxy) is 2. The number of amides is 2. The van der Waals surface area contributed by atoms with Gasteiger partial charge in [-0.2, -0.15) is 0 Å². The number of esters is 1. The van der Waals surface area contributed by atoms with E-state index in [0.29, 0.717) is 17.9 Å². The van der Waals surface area contributed by atoms with Gasteiger partial charge in [-0.1, -0.05) is 36.7 Å². The molecule has 2 aromatic carbocycles. The average Bonchev–Trinajstić information content (AvgIpc) is 3.16. The summed E-state index contributed by atoms with van der Waals surface area (Å²) < 4.78 is 25.0. The molecule has 2 amide bonds. The third-order valence-electron chi connectivity index (χ3n) is 5.81. The second-order valence-electron chi connectivity index (χ2n) is 8.20. The van der Waals surface area contributed by atoms with E-state index < -0.39 is 11.9 Å². The van der Waals surface area contributed by atoms with Crippen molar-refractivity contribution in [3.63, 3.8) is 0 Å². The highest BCUT2D eigenvalue weighted by atomic mass is 35.5. The maximum absolute atomic E-state index is 14.0. The van der Waals surface area contributed by atoms with E-state index in [0.717, 1.165) is 17.5 Å². The minimum absolute atomic E-state index is 0.0188. The molecule has 0 aliphatic carbocycles. The van der Waals surface area contributed by atoms with Crippen LogP contribution in [0.2, 0.25) is 5.02 Å². The fraction of sp³-hybridized carbons (Fsp3) is 0.423. The van der Waals surface area contributed by atoms with E-state index in [2.05, 4.69) is 5.32 Å². The summed E-state index contributed by atoms with van der Waals surface area (Å²) in [5.74, 6) is -0.555. The Bertz CT molecular complexity index is 1060. The molecular formula is C26H30ClFN2O5. The van der Waals surface area contributed by atoms with Crippen LogP contribution in [0.25, 0.3) is 0 Å². The minimum Gasteiger partial charge on any atom is -0.491 e. The molecule has 9 heteroatoms. The van der Waals surface area contributed by atoms with E-state index in [1.54, 1.807) is 13.0 Å². The number of benzene rings is 2. The molecule has 1 fully saturated rings. The van der Waals surface area contributed by atoms with Crippen molar-refractivity contribution in [1.82, 2.24) is 10.2 Å². The predicted octanol–water partition coefficient (Wildman–Crippen LogP) is 4.35. The van der Waals surface area contributed by atoms with Crippen LogP contribution >= 0.6 is 11.6 Å². The molecule has 1 aliphatic heterocycles. The van der Waals surface area contributed by atoms with Crippen LogP contribution in [0.3, 0.4) is 0 Å². The summed E-state index contributed by atoms with van der Waals surface area (Å²) in [6.07, 6.45) is 1.30. The Kier molecular flexibility index (Phi) is 9.63. The number of hydrogen-bond acceptors (Lipinski definition) is 6. The van der Waals surface area contributed by atoms with Gasteiger partial charge in [-0.15, -0.1) is 0 Å². The largest absolute Gasteiger partial charge is 0.491 e. The Labute approximate surface area is 209 Å². The van der Waals surface area contributed by atoms with Gasteiger partial charge in [0.2, 0.25) is 11.8 Å². The van der Waals surface area contributed by atoms with E-state index in [1.807, 2.05) is 25.1 Å². The van der Waals surface area contributed by atoms with Gasteiger partial charge in [0.15, 0.2) is 0 Å². The lowest BCUT2D eigenvalue weighted by atomic mass is 10.0. The molecule has 0 aromatic heterocycles. The second kappa shape index (κ2) is 12.7. The van der Waals surface area contributed by atoms with Crippen molar-refractivity contribution >= 4 is 29.4 Å². The van der Waals surface area contributed by atoms with E-state index in [-0.39, 0.29) is 61.8 Å². The van der Waals surface area contributed by atoms with Gasteiger partial charge in [-0.25, -0.2) is 4.39 Å². The molecule has 35 heavy (non-hydrogen) atoms. The van der Waals surface area contributed by atoms with Gasteiger partial charge in [-0.05, 0) is 48.2 Å². The first-order valence-electron chi connectivity index (χ1n) is 11.7. The molecule has 1 atom stereocenters. The summed E-state index contributed by atoms with van der Waals surface area (Å²) in [7, 11) is 0. The fourth-order valence-electron chi connectivity index (χ4n) is 3.94. The molecule has 1 aliphatic rings. The number of nitrogens with one attached hydrogen (secondary N) is 1. The van der Waals surface area contributed by atoms with E-state index in [9.17, 15) is 18.8 Å². The van der Waals surface area contributed by atoms with Crippen molar-refractivity contribution < 1.29 is 28.2 Å². The maximum atomic E-state index is 14.0. The number of carbonyl (C=O) groups excluding carboxylic acids is 3. The molecule has 0 bridgehead atoms. The number of halogens is 2. The molecule has 3 rings (SSSR count). The fourth-order valence-corrected chi connectivity index (χ4v) is 4.06. The molecule has 0 spiro atoms. The molecule has 2 aromatic rings. The number of rotatable bonds is 12. The second-order valence-corrected chi connectivity index (χ2v) is 8.61. The van der Waals surface area contributed by atoms with Gasteiger partial charge < -0.3 is 14.8 Å². The third-order valence-corrected chi connectivity index (χ3v) is 6.11. The van der Waals surface area contributed by atoms with Gasteiger partial charge in [0.25, 0.3) is 0 Å². The van der Waals surface area contributed by atoms with Crippen molar-refractivity contribution in [2.75, 3.05) is 19.8 Å². The van der Waals surface area contributed by atoms with Crippen LogP contribution in [-0.4, -0.2) is 42.4 Å². The number of carbonyl (C=O) groups is 3. The van der Waals surface area contributed by atoms with Gasteiger partial charge in [0.05, 0.1) is 24.6 Å². The zero-order valence-electron chi connectivity index (χ0n) is 19.9. The van der Waals surface area contributed by atoms with Crippen molar-refractivity contribution in [3.05, 3.63) is 63.9 Å². The lowest BCUT2D eigenvalue weighted by Crippen LogP contribution is -2.33. The Balaban J connectivity index is 1.65. The maximum Gasteiger partial charge on any atom is 0.307 e. The SMILES string of the molecule is CCOC(=O)CC(NCc1ccc(OCCN2C(=O)CCC2=O)c(CC)c1)c1ccc(Cl)c(F)c1. The smallest absolute Gasteiger partial charge is 0.307 e. The average molecular weight is 505 g/mol. The monoisotopic (exact) mass is 504 g/mol. The number of likely N-dealkylation sites (tertiary alicyclic amines) is 1. The summed E-state index contributed by atoms with van der Waals surface area (Å²) in [4.78, 5) is 36.9. The van der Waals surface area contributed by atoms with Crippen molar-refractivity contribution in [3.8, 4) is 5.75 Å². The molecule has 188 valence electrons. The first kappa shape index (κ1) is 26.6. The first-order chi connectivity index (χ1) is 16.8. The first-order valence-corrected chi connectivity index (χ1v) is 12.1. The highest BCUT2D eigenvalue weighted by Gasteiger charge is 2.28. The van der Waals surface area contributed by atoms with E-state index in [1.165, 1.54) is 17.0 Å². The van der Waals surface area contributed by atoms with Gasteiger partial charge in [0.1, 0.15) is 18.2 Å². The number of imide groups is 1. The van der Waals surface area contributed by atoms with Crippen LogP contribution in [-0.2, 0) is 32.1 Å². The molecule has 1 N–H and O–H groups in total. The van der Waals surface area contributed by atoms with Crippen LogP contribution in [0.15, 0.2) is 36.4 Å². The van der Waals surface area contributed by atoms with Crippen molar-refractivity contribution in [2.24, 2.45) is 0 Å². The summed E-state index contributed by atoms with van der Waals surface area (Å²) in [5, 5.41) is 3.33. The standard InChI is InChI=1S/C26H30ClFN2O5/c1-3-18-13-17(5-8-23(18)35-12-11-30-24(31)9-10-25(30)32)16-29-22(15-26(33)34-4-2)19-6-7-20(27)21(28)14-19/h5-8,13-14,22,29H,3-4,9-12,15-16H2,1-2H3. The minimum atomic E-state index is -0.549. The van der Waals surface area contributed by atoms with Gasteiger partial charge in [-0.3, -0.25) is 19.3 Å².